The van der Waals surface area contributed by atoms with Crippen LogP contribution >= 0.6 is 11.3 Å². The van der Waals surface area contributed by atoms with Gasteiger partial charge in [0.25, 0.3) is 0 Å². The zero-order chi connectivity index (χ0) is 14.4. The first kappa shape index (κ1) is 12.1. The van der Waals surface area contributed by atoms with Crippen molar-refractivity contribution in [2.24, 2.45) is 0 Å². The molecule has 0 saturated heterocycles. The summed E-state index contributed by atoms with van der Waals surface area (Å²) in [6.45, 7) is 0. The van der Waals surface area contributed by atoms with E-state index >= 15 is 0 Å². The number of fused-ring (bicyclic) bond motifs is 2. The van der Waals surface area contributed by atoms with Crippen molar-refractivity contribution in [1.82, 2.24) is 4.98 Å². The van der Waals surface area contributed by atoms with E-state index in [0.717, 1.165) is 15.0 Å². The molecule has 2 aromatic heterocycles. The van der Waals surface area contributed by atoms with Crippen LogP contribution in [0, 0.1) is 0 Å². The van der Waals surface area contributed by atoms with Crippen LogP contribution in [0.1, 0.15) is 10.4 Å². The van der Waals surface area contributed by atoms with E-state index in [0.29, 0.717) is 17.0 Å². The molecule has 0 atom stereocenters. The minimum atomic E-state index is -1.01. The molecule has 1 N–H and O–H groups in total. The Morgan fingerprint density at radius 3 is 2.81 bits per heavy atom. The van der Waals surface area contributed by atoms with Crippen LogP contribution in [-0.2, 0) is 0 Å². The number of carboxylic acids is 1. The molecule has 4 nitrogen and oxygen atoms in total. The zero-order valence-electron chi connectivity index (χ0n) is 10.7. The molecule has 2 aromatic carbocycles. The molecular formula is C16H9NO3S. The van der Waals surface area contributed by atoms with Crippen molar-refractivity contribution >= 4 is 38.5 Å². The highest BCUT2D eigenvalue weighted by Gasteiger charge is 2.16. The van der Waals surface area contributed by atoms with Crippen LogP contribution in [0.25, 0.3) is 32.0 Å². The molecule has 0 aliphatic carbocycles. The molecule has 0 aliphatic rings. The average Bonchev–Trinajstić information content (AvgIpc) is 3.09. The largest absolute Gasteiger partial charge is 0.478 e. The number of hydrogen-bond donors (Lipinski definition) is 1. The van der Waals surface area contributed by atoms with Gasteiger partial charge in [-0.05, 0) is 29.7 Å². The van der Waals surface area contributed by atoms with Gasteiger partial charge in [-0.15, -0.1) is 11.3 Å². The summed E-state index contributed by atoms with van der Waals surface area (Å²) in [5, 5.41) is 10.3. The highest BCUT2D eigenvalue weighted by Crippen LogP contribution is 2.35. The lowest BCUT2D eigenvalue weighted by atomic mass is 10.2. The maximum Gasteiger partial charge on any atom is 0.339 e. The van der Waals surface area contributed by atoms with E-state index in [9.17, 15) is 9.90 Å². The van der Waals surface area contributed by atoms with Gasteiger partial charge in [-0.1, -0.05) is 24.3 Å². The van der Waals surface area contributed by atoms with Gasteiger partial charge >= 0.3 is 5.97 Å². The third kappa shape index (κ3) is 1.90. The lowest BCUT2D eigenvalue weighted by molar-refractivity contribution is 0.0698. The molecule has 0 spiro atoms. The first-order chi connectivity index (χ1) is 10.2. The Labute approximate surface area is 123 Å². The van der Waals surface area contributed by atoms with E-state index in [1.54, 1.807) is 23.5 Å². The molecule has 21 heavy (non-hydrogen) atoms. The summed E-state index contributed by atoms with van der Waals surface area (Å²) in [5.41, 5.74) is 1.01. The predicted octanol–water partition coefficient (Wildman–Crippen LogP) is 4.41. The molecule has 0 bridgehead atoms. The van der Waals surface area contributed by atoms with Crippen LogP contribution in [0.15, 0.2) is 52.9 Å². The minimum Gasteiger partial charge on any atom is -0.478 e. The summed E-state index contributed by atoms with van der Waals surface area (Å²) in [6, 6.07) is 15.0. The molecule has 0 saturated carbocycles. The number of hydrogen-bond acceptors (Lipinski definition) is 4. The van der Waals surface area contributed by atoms with Gasteiger partial charge in [0.2, 0.25) is 5.89 Å². The van der Waals surface area contributed by atoms with E-state index in [1.165, 1.54) is 6.07 Å². The lowest BCUT2D eigenvalue weighted by Crippen LogP contribution is -1.95. The van der Waals surface area contributed by atoms with Crippen LogP contribution in [-0.4, -0.2) is 16.1 Å². The van der Waals surface area contributed by atoms with Gasteiger partial charge in [0.05, 0.1) is 4.88 Å². The maximum absolute atomic E-state index is 11.2. The zero-order valence-corrected chi connectivity index (χ0v) is 11.6. The SMILES string of the molecule is O=C(O)c1cccc2nc(-c3cc4ccccc4s3)oc12. The van der Waals surface area contributed by atoms with E-state index in [1.807, 2.05) is 30.3 Å². The molecule has 4 aromatic rings. The molecule has 0 fully saturated rings. The van der Waals surface area contributed by atoms with Gasteiger partial charge in [-0.2, -0.15) is 0 Å². The number of nitrogens with zero attached hydrogens (tertiary/aromatic N) is 1. The maximum atomic E-state index is 11.2. The van der Waals surface area contributed by atoms with Crippen molar-refractivity contribution in [2.75, 3.05) is 0 Å². The monoisotopic (exact) mass is 295 g/mol. The fraction of sp³-hybridized carbons (Fsp3) is 0. The molecule has 0 amide bonds. The van der Waals surface area contributed by atoms with Crippen molar-refractivity contribution in [3.05, 3.63) is 54.1 Å². The van der Waals surface area contributed by atoms with Gasteiger partial charge in [0, 0.05) is 4.70 Å². The Morgan fingerprint density at radius 2 is 2.00 bits per heavy atom. The van der Waals surface area contributed by atoms with Gasteiger partial charge in [-0.3, -0.25) is 0 Å². The number of oxazole rings is 1. The number of aromatic carboxylic acids is 1. The highest BCUT2D eigenvalue weighted by atomic mass is 32.1. The van der Waals surface area contributed by atoms with Crippen molar-refractivity contribution in [3.63, 3.8) is 0 Å². The van der Waals surface area contributed by atoms with E-state index in [-0.39, 0.29) is 5.56 Å². The van der Waals surface area contributed by atoms with E-state index < -0.39 is 5.97 Å². The first-order valence-electron chi connectivity index (χ1n) is 6.34. The summed E-state index contributed by atoms with van der Waals surface area (Å²) in [4.78, 5) is 16.5. The van der Waals surface area contributed by atoms with Gasteiger partial charge in [0.1, 0.15) is 11.1 Å². The van der Waals surface area contributed by atoms with Crippen molar-refractivity contribution in [3.8, 4) is 10.8 Å². The third-order valence-corrected chi connectivity index (χ3v) is 4.39. The standard InChI is InChI=1S/C16H9NO3S/c18-16(19)10-5-3-6-11-14(10)20-15(17-11)13-8-9-4-1-2-7-12(9)21-13/h1-8H,(H,18,19). The summed E-state index contributed by atoms with van der Waals surface area (Å²) < 4.78 is 6.84. The van der Waals surface area contributed by atoms with Gasteiger partial charge in [0.15, 0.2) is 5.58 Å². The fourth-order valence-corrected chi connectivity index (χ4v) is 3.30. The molecule has 4 rings (SSSR count). The molecule has 5 heteroatoms. The summed E-state index contributed by atoms with van der Waals surface area (Å²) in [6.07, 6.45) is 0. The van der Waals surface area contributed by atoms with Crippen LogP contribution in [0.2, 0.25) is 0 Å². The van der Waals surface area contributed by atoms with Crippen LogP contribution in [0.5, 0.6) is 0 Å². The number of carbonyl (C=O) groups is 1. The normalized spacial score (nSPS) is 11.2. The summed E-state index contributed by atoms with van der Waals surface area (Å²) >= 11 is 1.58. The molecule has 2 heterocycles. The van der Waals surface area contributed by atoms with E-state index in [2.05, 4.69) is 4.98 Å². The Balaban J connectivity index is 1.94. The smallest absolute Gasteiger partial charge is 0.339 e. The second kappa shape index (κ2) is 4.43. The Hall–Kier alpha value is -2.66. The Morgan fingerprint density at radius 1 is 1.14 bits per heavy atom. The molecule has 0 unspecified atom stereocenters. The minimum absolute atomic E-state index is 0.132. The van der Waals surface area contributed by atoms with E-state index in [4.69, 9.17) is 4.42 Å². The lowest BCUT2D eigenvalue weighted by Gasteiger charge is -1.92. The number of benzene rings is 2. The Kier molecular flexibility index (Phi) is 2.55. The number of aromatic nitrogens is 1. The summed E-state index contributed by atoms with van der Waals surface area (Å²) in [7, 11) is 0. The van der Waals surface area contributed by atoms with Crippen molar-refractivity contribution in [2.45, 2.75) is 0 Å². The molecule has 0 radical (unpaired) electrons. The Bertz CT molecular complexity index is 950. The topological polar surface area (TPSA) is 63.3 Å². The number of carboxylic acid groups (broad SMARTS) is 1. The summed E-state index contributed by atoms with van der Waals surface area (Å²) in [5.74, 6) is -0.556. The second-order valence-corrected chi connectivity index (χ2v) is 5.71. The molecule has 102 valence electrons. The van der Waals surface area contributed by atoms with Crippen molar-refractivity contribution in [1.29, 1.82) is 0 Å². The van der Waals surface area contributed by atoms with Crippen LogP contribution < -0.4 is 0 Å². The first-order valence-corrected chi connectivity index (χ1v) is 7.16. The fourth-order valence-electron chi connectivity index (χ4n) is 2.31. The molecular weight excluding hydrogens is 286 g/mol. The number of thiophene rings is 1. The number of rotatable bonds is 2. The molecule has 0 aliphatic heterocycles. The quantitative estimate of drug-likeness (QED) is 0.595. The highest BCUT2D eigenvalue weighted by molar-refractivity contribution is 7.22. The third-order valence-electron chi connectivity index (χ3n) is 3.28. The van der Waals surface area contributed by atoms with Gasteiger partial charge < -0.3 is 9.52 Å². The van der Waals surface area contributed by atoms with Gasteiger partial charge in [-0.25, -0.2) is 9.78 Å². The van der Waals surface area contributed by atoms with Crippen LogP contribution in [0.4, 0.5) is 0 Å². The van der Waals surface area contributed by atoms with Crippen LogP contribution in [0.3, 0.4) is 0 Å². The second-order valence-electron chi connectivity index (χ2n) is 4.63. The average molecular weight is 295 g/mol. The predicted molar refractivity (Wildman–Crippen MR) is 81.8 cm³/mol. The van der Waals surface area contributed by atoms with Crippen molar-refractivity contribution < 1.29 is 14.3 Å². The number of para-hydroxylation sites is 1.